The van der Waals surface area contributed by atoms with Gasteiger partial charge < -0.3 is 15.2 Å². The first-order valence-corrected chi connectivity index (χ1v) is 6.94. The van der Waals surface area contributed by atoms with Gasteiger partial charge in [-0.2, -0.15) is 0 Å². The number of rotatable bonds is 3. The second-order valence-electron chi connectivity index (χ2n) is 5.18. The van der Waals surface area contributed by atoms with Crippen LogP contribution in [0.3, 0.4) is 0 Å². The highest BCUT2D eigenvalue weighted by molar-refractivity contribution is 5.36. The number of benzene rings is 1. The van der Waals surface area contributed by atoms with Crippen LogP contribution in [0.25, 0.3) is 0 Å². The van der Waals surface area contributed by atoms with Crippen molar-refractivity contribution in [3.8, 4) is 0 Å². The molecular formula is C15H21NO2. The Hall–Kier alpha value is -0.900. The zero-order chi connectivity index (χ0) is 12.4. The van der Waals surface area contributed by atoms with Gasteiger partial charge in [-0.25, -0.2) is 0 Å². The summed E-state index contributed by atoms with van der Waals surface area (Å²) in [7, 11) is 0. The Balaban J connectivity index is 1.94. The van der Waals surface area contributed by atoms with E-state index in [1.54, 1.807) is 0 Å². The van der Waals surface area contributed by atoms with Crippen LogP contribution >= 0.6 is 0 Å². The van der Waals surface area contributed by atoms with Crippen LogP contribution in [0.15, 0.2) is 18.2 Å². The van der Waals surface area contributed by atoms with E-state index < -0.39 is 5.79 Å². The molecule has 1 fully saturated rings. The number of ether oxygens (including phenoxy) is 2. The second kappa shape index (κ2) is 5.00. The molecule has 0 spiro atoms. The van der Waals surface area contributed by atoms with E-state index in [4.69, 9.17) is 15.2 Å². The van der Waals surface area contributed by atoms with Gasteiger partial charge >= 0.3 is 0 Å². The molecule has 0 radical (unpaired) electrons. The molecule has 0 atom stereocenters. The van der Waals surface area contributed by atoms with E-state index in [9.17, 15) is 0 Å². The summed E-state index contributed by atoms with van der Waals surface area (Å²) in [6.45, 7) is 1.91. The van der Waals surface area contributed by atoms with Crippen molar-refractivity contribution in [2.24, 2.45) is 5.73 Å². The standard InChI is InChI=1S/C15H21NO2/c16-8-7-15(17-9-10-18-15)14-6-5-12-3-1-2-4-13(12)11-14/h5-6,11H,1-4,7-10,16H2. The molecule has 1 aliphatic carbocycles. The Morgan fingerprint density at radius 2 is 1.78 bits per heavy atom. The van der Waals surface area contributed by atoms with Gasteiger partial charge in [0.1, 0.15) is 0 Å². The molecule has 0 aromatic heterocycles. The summed E-state index contributed by atoms with van der Waals surface area (Å²) in [5, 5.41) is 0. The molecule has 1 aromatic rings. The van der Waals surface area contributed by atoms with Crippen LogP contribution in [0.1, 0.15) is 36.0 Å². The van der Waals surface area contributed by atoms with Crippen molar-refractivity contribution in [3.05, 3.63) is 34.9 Å². The van der Waals surface area contributed by atoms with Crippen LogP contribution in [0, 0.1) is 0 Å². The Bertz CT molecular complexity index is 425. The molecular weight excluding hydrogens is 226 g/mol. The summed E-state index contributed by atoms with van der Waals surface area (Å²) in [5.74, 6) is -0.582. The molecule has 1 aliphatic heterocycles. The summed E-state index contributed by atoms with van der Waals surface area (Å²) in [5.41, 5.74) is 9.81. The first-order chi connectivity index (χ1) is 8.84. The normalized spacial score (nSPS) is 21.8. The maximum Gasteiger partial charge on any atom is 0.196 e. The number of hydrogen-bond acceptors (Lipinski definition) is 3. The highest BCUT2D eigenvalue weighted by atomic mass is 16.7. The first-order valence-electron chi connectivity index (χ1n) is 6.94. The molecule has 2 aliphatic rings. The van der Waals surface area contributed by atoms with Gasteiger partial charge in [0, 0.05) is 12.0 Å². The topological polar surface area (TPSA) is 44.5 Å². The summed E-state index contributed by atoms with van der Waals surface area (Å²) in [4.78, 5) is 0. The molecule has 3 nitrogen and oxygen atoms in total. The summed E-state index contributed by atoms with van der Waals surface area (Å²) in [6, 6.07) is 6.67. The number of nitrogens with two attached hydrogens (primary N) is 1. The van der Waals surface area contributed by atoms with Gasteiger partial charge in [0.25, 0.3) is 0 Å². The number of fused-ring (bicyclic) bond motifs is 1. The lowest BCUT2D eigenvalue weighted by atomic mass is 9.88. The Kier molecular flexibility index (Phi) is 3.37. The minimum Gasteiger partial charge on any atom is -0.343 e. The van der Waals surface area contributed by atoms with Gasteiger partial charge in [-0.3, -0.25) is 0 Å². The first kappa shape index (κ1) is 12.2. The predicted molar refractivity (Wildman–Crippen MR) is 70.3 cm³/mol. The predicted octanol–water partition coefficient (Wildman–Crippen LogP) is 2.11. The van der Waals surface area contributed by atoms with Gasteiger partial charge in [0.15, 0.2) is 5.79 Å². The maximum atomic E-state index is 5.86. The van der Waals surface area contributed by atoms with Gasteiger partial charge in [-0.15, -0.1) is 0 Å². The zero-order valence-corrected chi connectivity index (χ0v) is 10.8. The lowest BCUT2D eigenvalue weighted by molar-refractivity contribution is -0.168. The minimum absolute atomic E-state index is 0.580. The summed E-state index contributed by atoms with van der Waals surface area (Å²) < 4.78 is 11.7. The number of hydrogen-bond donors (Lipinski definition) is 1. The molecule has 0 unspecified atom stereocenters. The van der Waals surface area contributed by atoms with Gasteiger partial charge in [-0.1, -0.05) is 18.2 Å². The fraction of sp³-hybridized carbons (Fsp3) is 0.600. The molecule has 1 heterocycles. The van der Waals surface area contributed by atoms with Crippen LogP contribution in [0.4, 0.5) is 0 Å². The summed E-state index contributed by atoms with van der Waals surface area (Å²) >= 11 is 0. The third-order valence-corrected chi connectivity index (χ3v) is 4.02. The van der Waals surface area contributed by atoms with Gasteiger partial charge in [0.05, 0.1) is 13.2 Å². The van der Waals surface area contributed by atoms with Crippen LogP contribution in [-0.4, -0.2) is 19.8 Å². The van der Waals surface area contributed by atoms with Crippen molar-refractivity contribution in [1.82, 2.24) is 0 Å². The second-order valence-corrected chi connectivity index (χ2v) is 5.18. The lowest BCUT2D eigenvalue weighted by Gasteiger charge is -2.29. The SMILES string of the molecule is NCCC1(c2ccc3c(c2)CCCC3)OCCO1. The Morgan fingerprint density at radius 1 is 1.06 bits per heavy atom. The van der Waals surface area contributed by atoms with E-state index in [0.717, 1.165) is 12.0 Å². The average molecular weight is 247 g/mol. The highest BCUT2D eigenvalue weighted by Gasteiger charge is 2.38. The molecule has 0 amide bonds. The molecule has 0 bridgehead atoms. The number of aryl methyl sites for hydroxylation is 2. The van der Waals surface area contributed by atoms with E-state index in [0.29, 0.717) is 19.8 Å². The van der Waals surface area contributed by atoms with E-state index in [2.05, 4.69) is 18.2 Å². The maximum absolute atomic E-state index is 5.86. The van der Waals surface area contributed by atoms with Crippen LogP contribution in [-0.2, 0) is 28.1 Å². The van der Waals surface area contributed by atoms with E-state index >= 15 is 0 Å². The van der Waals surface area contributed by atoms with Crippen molar-refractivity contribution in [2.75, 3.05) is 19.8 Å². The van der Waals surface area contributed by atoms with Crippen LogP contribution < -0.4 is 5.73 Å². The largest absolute Gasteiger partial charge is 0.343 e. The quantitative estimate of drug-likeness (QED) is 0.889. The fourth-order valence-corrected chi connectivity index (χ4v) is 3.07. The monoisotopic (exact) mass is 247 g/mol. The molecule has 1 saturated heterocycles. The van der Waals surface area contributed by atoms with Crippen molar-refractivity contribution in [3.63, 3.8) is 0 Å². The van der Waals surface area contributed by atoms with E-state index in [1.807, 2.05) is 0 Å². The molecule has 98 valence electrons. The van der Waals surface area contributed by atoms with Gasteiger partial charge in [-0.05, 0) is 43.4 Å². The van der Waals surface area contributed by atoms with E-state index in [-0.39, 0.29) is 0 Å². The molecule has 1 aromatic carbocycles. The van der Waals surface area contributed by atoms with Crippen molar-refractivity contribution in [1.29, 1.82) is 0 Å². The van der Waals surface area contributed by atoms with Crippen LogP contribution in [0.2, 0.25) is 0 Å². The molecule has 3 rings (SSSR count). The smallest absolute Gasteiger partial charge is 0.196 e. The zero-order valence-electron chi connectivity index (χ0n) is 10.8. The Labute approximate surface area is 108 Å². The third-order valence-electron chi connectivity index (χ3n) is 4.02. The van der Waals surface area contributed by atoms with Crippen molar-refractivity contribution in [2.45, 2.75) is 37.9 Å². The van der Waals surface area contributed by atoms with Gasteiger partial charge in [0.2, 0.25) is 0 Å². The summed E-state index contributed by atoms with van der Waals surface area (Å²) in [6.07, 6.45) is 5.73. The van der Waals surface area contributed by atoms with Crippen molar-refractivity contribution < 1.29 is 9.47 Å². The average Bonchev–Trinajstić information content (AvgIpc) is 2.88. The highest BCUT2D eigenvalue weighted by Crippen LogP contribution is 2.36. The van der Waals surface area contributed by atoms with Crippen molar-refractivity contribution >= 4 is 0 Å². The Morgan fingerprint density at radius 3 is 2.50 bits per heavy atom. The van der Waals surface area contributed by atoms with E-state index in [1.165, 1.54) is 36.8 Å². The minimum atomic E-state index is -0.582. The molecule has 2 N–H and O–H groups in total. The third kappa shape index (κ3) is 2.07. The molecule has 18 heavy (non-hydrogen) atoms. The van der Waals surface area contributed by atoms with Crippen LogP contribution in [0.5, 0.6) is 0 Å². The molecule has 3 heteroatoms. The molecule has 0 saturated carbocycles. The lowest BCUT2D eigenvalue weighted by Crippen LogP contribution is -2.30. The fourth-order valence-electron chi connectivity index (χ4n) is 3.07.